The summed E-state index contributed by atoms with van der Waals surface area (Å²) in [5.74, 6) is 0.771. The van der Waals surface area contributed by atoms with Gasteiger partial charge in [-0.2, -0.15) is 4.98 Å². The van der Waals surface area contributed by atoms with Gasteiger partial charge in [0.05, 0.1) is 4.90 Å². The van der Waals surface area contributed by atoms with Crippen LogP contribution in [0.4, 0.5) is 0 Å². The number of fused-ring (bicyclic) bond motifs is 1. The van der Waals surface area contributed by atoms with Crippen molar-refractivity contribution in [2.24, 2.45) is 0 Å². The van der Waals surface area contributed by atoms with Crippen LogP contribution < -0.4 is 10.0 Å². The minimum Gasteiger partial charge on any atom is -0.356 e. The van der Waals surface area contributed by atoms with E-state index >= 15 is 0 Å². The number of hydrogen-bond acceptors (Lipinski definition) is 6. The quantitative estimate of drug-likeness (QED) is 0.700. The van der Waals surface area contributed by atoms with Crippen LogP contribution in [0.15, 0.2) is 27.6 Å². The standard InChI is InChI=1S/C18H24N4O4S/c1-13-21-18(26-22-13)9-10-19-17(23)8-11-20-27(24,25)16-7-6-14-4-2-3-5-15(14)12-16/h6-7,12,20H,2-5,8-11H2,1H3,(H,19,23). The predicted molar refractivity (Wildman–Crippen MR) is 98.6 cm³/mol. The zero-order chi connectivity index (χ0) is 19.3. The molecule has 9 heteroatoms. The number of aromatic nitrogens is 2. The number of hydrogen-bond donors (Lipinski definition) is 2. The fourth-order valence-corrected chi connectivity index (χ4v) is 4.18. The van der Waals surface area contributed by atoms with E-state index in [4.69, 9.17) is 4.52 Å². The molecular formula is C18H24N4O4S. The van der Waals surface area contributed by atoms with Gasteiger partial charge in [0, 0.05) is 25.9 Å². The van der Waals surface area contributed by atoms with Crippen LogP contribution in [-0.4, -0.2) is 37.6 Å². The summed E-state index contributed by atoms with van der Waals surface area (Å²) in [6.45, 7) is 2.13. The highest BCUT2D eigenvalue weighted by molar-refractivity contribution is 7.89. The second-order valence-electron chi connectivity index (χ2n) is 6.62. The van der Waals surface area contributed by atoms with Gasteiger partial charge in [-0.15, -0.1) is 0 Å². The van der Waals surface area contributed by atoms with Crippen molar-refractivity contribution in [1.29, 1.82) is 0 Å². The average molecular weight is 392 g/mol. The Morgan fingerprint density at radius 1 is 1.19 bits per heavy atom. The van der Waals surface area contributed by atoms with Gasteiger partial charge in [0.25, 0.3) is 0 Å². The molecule has 1 aromatic carbocycles. The molecule has 3 rings (SSSR count). The molecular weight excluding hydrogens is 368 g/mol. The minimum absolute atomic E-state index is 0.0465. The second kappa shape index (κ2) is 8.62. The van der Waals surface area contributed by atoms with E-state index in [2.05, 4.69) is 20.2 Å². The second-order valence-corrected chi connectivity index (χ2v) is 8.39. The van der Waals surface area contributed by atoms with Crippen LogP contribution in [0, 0.1) is 6.92 Å². The Morgan fingerprint density at radius 2 is 1.96 bits per heavy atom. The number of rotatable bonds is 8. The van der Waals surface area contributed by atoms with E-state index in [-0.39, 0.29) is 23.8 Å². The first-order valence-electron chi connectivity index (χ1n) is 9.11. The van der Waals surface area contributed by atoms with Gasteiger partial charge in [0.15, 0.2) is 5.82 Å². The molecule has 1 aliphatic carbocycles. The number of carbonyl (C=O) groups excluding carboxylic acids is 1. The number of benzene rings is 1. The molecule has 0 atom stereocenters. The van der Waals surface area contributed by atoms with E-state index in [0.717, 1.165) is 31.2 Å². The molecule has 1 amide bonds. The molecule has 1 aliphatic rings. The van der Waals surface area contributed by atoms with Gasteiger partial charge in [-0.1, -0.05) is 11.2 Å². The number of nitrogens with zero attached hydrogens (tertiary/aromatic N) is 2. The minimum atomic E-state index is -3.61. The first-order valence-corrected chi connectivity index (χ1v) is 10.6. The maximum Gasteiger partial charge on any atom is 0.240 e. The molecule has 2 aromatic rings. The Morgan fingerprint density at radius 3 is 2.70 bits per heavy atom. The van der Waals surface area contributed by atoms with Gasteiger partial charge in [-0.25, -0.2) is 13.1 Å². The largest absolute Gasteiger partial charge is 0.356 e. The van der Waals surface area contributed by atoms with Crippen LogP contribution in [-0.2, 0) is 34.1 Å². The molecule has 2 N–H and O–H groups in total. The normalized spacial score (nSPS) is 14.0. The first kappa shape index (κ1) is 19.5. The van der Waals surface area contributed by atoms with Crippen molar-refractivity contribution >= 4 is 15.9 Å². The number of nitrogens with one attached hydrogen (secondary N) is 2. The van der Waals surface area contributed by atoms with Crippen molar-refractivity contribution in [3.63, 3.8) is 0 Å². The lowest BCUT2D eigenvalue weighted by atomic mass is 9.92. The van der Waals surface area contributed by atoms with E-state index in [9.17, 15) is 13.2 Å². The Balaban J connectivity index is 1.44. The van der Waals surface area contributed by atoms with Crippen molar-refractivity contribution in [1.82, 2.24) is 20.2 Å². The molecule has 0 fully saturated rings. The third-order valence-corrected chi connectivity index (χ3v) is 5.96. The van der Waals surface area contributed by atoms with Crippen LogP contribution in [0.2, 0.25) is 0 Å². The SMILES string of the molecule is Cc1noc(CCNC(=O)CCNS(=O)(=O)c2ccc3c(c2)CCCC3)n1. The smallest absolute Gasteiger partial charge is 0.240 e. The highest BCUT2D eigenvalue weighted by atomic mass is 32.2. The summed E-state index contributed by atoms with van der Waals surface area (Å²) in [6.07, 6.45) is 4.67. The Labute approximate surface area is 158 Å². The summed E-state index contributed by atoms with van der Waals surface area (Å²) < 4.78 is 32.3. The molecule has 146 valence electrons. The fraction of sp³-hybridized carbons (Fsp3) is 0.500. The fourth-order valence-electron chi connectivity index (χ4n) is 3.10. The van der Waals surface area contributed by atoms with E-state index in [1.54, 1.807) is 19.1 Å². The number of sulfonamides is 1. The molecule has 27 heavy (non-hydrogen) atoms. The molecule has 0 saturated carbocycles. The van der Waals surface area contributed by atoms with Crippen molar-refractivity contribution < 1.29 is 17.7 Å². The summed E-state index contributed by atoms with van der Waals surface area (Å²) in [5, 5.41) is 6.38. The Kier molecular flexibility index (Phi) is 6.22. The van der Waals surface area contributed by atoms with E-state index < -0.39 is 10.0 Å². The molecule has 1 heterocycles. The van der Waals surface area contributed by atoms with E-state index in [0.29, 0.717) is 24.7 Å². The van der Waals surface area contributed by atoms with Gasteiger partial charge in [0.2, 0.25) is 21.8 Å². The van der Waals surface area contributed by atoms with E-state index in [1.807, 2.05) is 6.07 Å². The summed E-state index contributed by atoms with van der Waals surface area (Å²) in [4.78, 5) is 16.1. The van der Waals surface area contributed by atoms with Gasteiger partial charge in [-0.3, -0.25) is 4.79 Å². The van der Waals surface area contributed by atoms with E-state index in [1.165, 1.54) is 5.56 Å². The topological polar surface area (TPSA) is 114 Å². The van der Waals surface area contributed by atoms with Crippen molar-refractivity contribution in [2.75, 3.05) is 13.1 Å². The average Bonchev–Trinajstić information content (AvgIpc) is 3.06. The highest BCUT2D eigenvalue weighted by Crippen LogP contribution is 2.23. The zero-order valence-electron chi connectivity index (χ0n) is 15.3. The summed E-state index contributed by atoms with van der Waals surface area (Å²) >= 11 is 0. The number of amides is 1. The monoisotopic (exact) mass is 392 g/mol. The molecule has 0 saturated heterocycles. The number of carbonyl (C=O) groups is 1. The van der Waals surface area contributed by atoms with Crippen LogP contribution >= 0.6 is 0 Å². The molecule has 1 aromatic heterocycles. The molecule has 0 unspecified atom stereocenters. The summed E-state index contributed by atoms with van der Waals surface area (Å²) in [7, 11) is -3.61. The van der Waals surface area contributed by atoms with Crippen LogP contribution in [0.1, 0.15) is 42.1 Å². The lowest BCUT2D eigenvalue weighted by Gasteiger charge is -2.16. The Bertz CT molecular complexity index is 908. The lowest BCUT2D eigenvalue weighted by Crippen LogP contribution is -2.31. The van der Waals surface area contributed by atoms with Gasteiger partial charge < -0.3 is 9.84 Å². The first-order chi connectivity index (χ1) is 12.9. The number of aryl methyl sites for hydroxylation is 3. The third-order valence-electron chi connectivity index (χ3n) is 4.51. The van der Waals surface area contributed by atoms with Gasteiger partial charge >= 0.3 is 0 Å². The molecule has 0 bridgehead atoms. The molecule has 0 aliphatic heterocycles. The predicted octanol–water partition coefficient (Wildman–Crippen LogP) is 1.28. The summed E-state index contributed by atoms with van der Waals surface area (Å²) in [6, 6.07) is 5.29. The van der Waals surface area contributed by atoms with Crippen molar-refractivity contribution in [3.8, 4) is 0 Å². The highest BCUT2D eigenvalue weighted by Gasteiger charge is 2.17. The van der Waals surface area contributed by atoms with Crippen molar-refractivity contribution in [3.05, 3.63) is 41.0 Å². The molecule has 8 nitrogen and oxygen atoms in total. The summed E-state index contributed by atoms with van der Waals surface area (Å²) in [5.41, 5.74) is 2.34. The Hall–Kier alpha value is -2.26. The van der Waals surface area contributed by atoms with Crippen LogP contribution in [0.25, 0.3) is 0 Å². The molecule has 0 radical (unpaired) electrons. The maximum absolute atomic E-state index is 12.4. The van der Waals surface area contributed by atoms with Gasteiger partial charge in [-0.05, 0) is 55.9 Å². The van der Waals surface area contributed by atoms with Crippen LogP contribution in [0.3, 0.4) is 0 Å². The van der Waals surface area contributed by atoms with Gasteiger partial charge in [0.1, 0.15) is 0 Å². The van der Waals surface area contributed by atoms with Crippen molar-refractivity contribution in [2.45, 2.75) is 50.3 Å². The lowest BCUT2D eigenvalue weighted by molar-refractivity contribution is -0.120. The maximum atomic E-state index is 12.4. The zero-order valence-corrected chi connectivity index (χ0v) is 16.1. The third kappa shape index (κ3) is 5.36. The van der Waals surface area contributed by atoms with Crippen LogP contribution in [0.5, 0.6) is 0 Å². The molecule has 0 spiro atoms.